The number of rotatable bonds is 8. The quantitative estimate of drug-likeness (QED) is 0.641. The molecule has 0 atom stereocenters. The molecule has 25 heavy (non-hydrogen) atoms. The number of fused-ring (bicyclic) bond motifs is 1. The van der Waals surface area contributed by atoms with Gasteiger partial charge in [-0.05, 0) is 30.7 Å². The minimum Gasteiger partial charge on any atom is -0.493 e. The number of hydrogen-bond acceptors (Lipinski definition) is 4. The largest absolute Gasteiger partial charge is 0.493 e. The van der Waals surface area contributed by atoms with Crippen molar-refractivity contribution in [3.63, 3.8) is 0 Å². The number of aromatic nitrogens is 2. The molecule has 0 spiro atoms. The Balaban J connectivity index is 1.41. The van der Waals surface area contributed by atoms with E-state index in [1.54, 1.807) is 19.2 Å². The van der Waals surface area contributed by atoms with E-state index in [0.717, 1.165) is 24.0 Å². The van der Waals surface area contributed by atoms with Crippen LogP contribution in [0.1, 0.15) is 6.42 Å². The second kappa shape index (κ2) is 8.19. The van der Waals surface area contributed by atoms with Crippen LogP contribution < -0.4 is 14.8 Å². The SMILES string of the molecule is COc1ccccc1OCC(=O)NCCCn1cnc2ccccc21. The lowest BCUT2D eigenvalue weighted by Crippen LogP contribution is -2.30. The zero-order valence-corrected chi connectivity index (χ0v) is 14.1. The molecule has 0 fully saturated rings. The molecule has 3 aromatic rings. The van der Waals surface area contributed by atoms with E-state index >= 15 is 0 Å². The summed E-state index contributed by atoms with van der Waals surface area (Å²) in [4.78, 5) is 16.2. The maximum Gasteiger partial charge on any atom is 0.257 e. The van der Waals surface area contributed by atoms with Crippen molar-refractivity contribution in [2.45, 2.75) is 13.0 Å². The normalized spacial score (nSPS) is 10.6. The Morgan fingerprint density at radius 2 is 1.88 bits per heavy atom. The first kappa shape index (κ1) is 16.8. The number of methoxy groups -OCH3 is 1. The molecular formula is C19H21N3O3. The Labute approximate surface area is 146 Å². The maximum absolute atomic E-state index is 11.9. The van der Waals surface area contributed by atoms with Gasteiger partial charge in [-0.1, -0.05) is 24.3 Å². The maximum atomic E-state index is 11.9. The minimum absolute atomic E-state index is 0.0334. The van der Waals surface area contributed by atoms with Gasteiger partial charge in [0.1, 0.15) is 0 Å². The lowest BCUT2D eigenvalue weighted by Gasteiger charge is -2.10. The summed E-state index contributed by atoms with van der Waals surface area (Å²) in [5.41, 5.74) is 2.09. The highest BCUT2D eigenvalue weighted by Crippen LogP contribution is 2.25. The predicted octanol–water partition coefficient (Wildman–Crippen LogP) is 2.63. The minimum atomic E-state index is -0.151. The summed E-state index contributed by atoms with van der Waals surface area (Å²) < 4.78 is 12.8. The van der Waals surface area contributed by atoms with Crippen LogP contribution in [0.15, 0.2) is 54.9 Å². The Morgan fingerprint density at radius 3 is 2.72 bits per heavy atom. The van der Waals surface area contributed by atoms with Gasteiger partial charge in [-0.2, -0.15) is 0 Å². The fraction of sp³-hybridized carbons (Fsp3) is 0.263. The van der Waals surface area contributed by atoms with E-state index in [0.29, 0.717) is 18.0 Å². The molecule has 0 aliphatic rings. The number of hydrogen-bond donors (Lipinski definition) is 1. The number of carbonyl (C=O) groups excluding carboxylic acids is 1. The number of benzene rings is 2. The van der Waals surface area contributed by atoms with Gasteiger partial charge in [0, 0.05) is 13.1 Å². The molecule has 6 nitrogen and oxygen atoms in total. The van der Waals surface area contributed by atoms with Crippen molar-refractivity contribution in [1.82, 2.24) is 14.9 Å². The molecule has 0 saturated heterocycles. The van der Waals surface area contributed by atoms with Crippen LogP contribution in [0.5, 0.6) is 11.5 Å². The van der Waals surface area contributed by atoms with E-state index < -0.39 is 0 Å². The highest BCUT2D eigenvalue weighted by molar-refractivity contribution is 5.77. The van der Waals surface area contributed by atoms with Crippen LogP contribution >= 0.6 is 0 Å². The van der Waals surface area contributed by atoms with Gasteiger partial charge in [-0.15, -0.1) is 0 Å². The fourth-order valence-electron chi connectivity index (χ4n) is 2.60. The molecule has 1 heterocycles. The van der Waals surface area contributed by atoms with Crippen molar-refractivity contribution < 1.29 is 14.3 Å². The van der Waals surface area contributed by atoms with E-state index in [1.807, 2.05) is 42.7 Å². The van der Waals surface area contributed by atoms with Crippen LogP contribution in [-0.2, 0) is 11.3 Å². The van der Waals surface area contributed by atoms with Crippen LogP contribution in [0.2, 0.25) is 0 Å². The third-order valence-corrected chi connectivity index (χ3v) is 3.85. The van der Waals surface area contributed by atoms with E-state index in [4.69, 9.17) is 9.47 Å². The second-order valence-electron chi connectivity index (χ2n) is 5.57. The Bertz CT molecular complexity index is 845. The number of nitrogens with one attached hydrogen (secondary N) is 1. The number of imidazole rings is 1. The number of aryl methyl sites for hydroxylation is 1. The molecule has 6 heteroatoms. The molecule has 0 saturated carbocycles. The highest BCUT2D eigenvalue weighted by atomic mass is 16.5. The average molecular weight is 339 g/mol. The van der Waals surface area contributed by atoms with Gasteiger partial charge in [0.2, 0.25) is 0 Å². The van der Waals surface area contributed by atoms with Crippen LogP contribution in [0, 0.1) is 0 Å². The van der Waals surface area contributed by atoms with Crippen molar-refractivity contribution in [3.8, 4) is 11.5 Å². The number of para-hydroxylation sites is 4. The van der Waals surface area contributed by atoms with Crippen LogP contribution in [0.25, 0.3) is 11.0 Å². The van der Waals surface area contributed by atoms with E-state index in [-0.39, 0.29) is 12.5 Å². The van der Waals surface area contributed by atoms with Gasteiger partial charge >= 0.3 is 0 Å². The molecule has 0 unspecified atom stereocenters. The summed E-state index contributed by atoms with van der Waals surface area (Å²) in [5.74, 6) is 1.02. The van der Waals surface area contributed by atoms with Crippen molar-refractivity contribution in [2.75, 3.05) is 20.3 Å². The molecule has 0 aliphatic carbocycles. The summed E-state index contributed by atoms with van der Waals surface area (Å²) >= 11 is 0. The summed E-state index contributed by atoms with van der Waals surface area (Å²) in [6.07, 6.45) is 2.65. The lowest BCUT2D eigenvalue weighted by atomic mass is 10.3. The van der Waals surface area contributed by atoms with E-state index in [2.05, 4.69) is 14.9 Å². The zero-order valence-electron chi connectivity index (χ0n) is 14.1. The predicted molar refractivity (Wildman–Crippen MR) is 95.8 cm³/mol. The van der Waals surface area contributed by atoms with E-state index in [9.17, 15) is 4.79 Å². The fourth-order valence-corrected chi connectivity index (χ4v) is 2.60. The number of ether oxygens (including phenoxy) is 2. The Kier molecular flexibility index (Phi) is 5.51. The standard InChI is InChI=1S/C19H21N3O3/c1-24-17-9-4-5-10-18(17)25-13-19(23)20-11-6-12-22-14-21-15-7-2-3-8-16(15)22/h2-5,7-10,14H,6,11-13H2,1H3,(H,20,23). The molecule has 1 N–H and O–H groups in total. The number of carbonyl (C=O) groups is 1. The molecule has 1 amide bonds. The zero-order chi connectivity index (χ0) is 17.5. The third-order valence-electron chi connectivity index (χ3n) is 3.85. The van der Waals surface area contributed by atoms with Crippen LogP contribution in [0.3, 0.4) is 0 Å². The third kappa shape index (κ3) is 4.29. The van der Waals surface area contributed by atoms with Crippen LogP contribution in [0.4, 0.5) is 0 Å². The average Bonchev–Trinajstić information content (AvgIpc) is 3.07. The Hall–Kier alpha value is -3.02. The molecule has 0 bridgehead atoms. The van der Waals surface area contributed by atoms with Crippen molar-refractivity contribution in [3.05, 3.63) is 54.9 Å². The van der Waals surface area contributed by atoms with Gasteiger partial charge in [0.15, 0.2) is 18.1 Å². The summed E-state index contributed by atoms with van der Waals surface area (Å²) in [6, 6.07) is 15.3. The summed E-state index contributed by atoms with van der Waals surface area (Å²) in [5, 5.41) is 2.86. The Morgan fingerprint density at radius 1 is 1.12 bits per heavy atom. The topological polar surface area (TPSA) is 65.4 Å². The monoisotopic (exact) mass is 339 g/mol. The molecule has 3 rings (SSSR count). The van der Waals surface area contributed by atoms with Gasteiger partial charge < -0.3 is 19.4 Å². The van der Waals surface area contributed by atoms with E-state index in [1.165, 1.54) is 0 Å². The molecule has 130 valence electrons. The first-order valence-corrected chi connectivity index (χ1v) is 8.20. The second-order valence-corrected chi connectivity index (χ2v) is 5.57. The molecule has 0 radical (unpaired) electrons. The van der Waals surface area contributed by atoms with Gasteiger partial charge in [-0.3, -0.25) is 4.79 Å². The molecular weight excluding hydrogens is 318 g/mol. The number of amides is 1. The number of nitrogens with zero attached hydrogens (tertiary/aromatic N) is 2. The highest BCUT2D eigenvalue weighted by Gasteiger charge is 2.06. The van der Waals surface area contributed by atoms with Crippen molar-refractivity contribution in [1.29, 1.82) is 0 Å². The van der Waals surface area contributed by atoms with Crippen molar-refractivity contribution >= 4 is 16.9 Å². The smallest absolute Gasteiger partial charge is 0.257 e. The first-order valence-electron chi connectivity index (χ1n) is 8.20. The van der Waals surface area contributed by atoms with Crippen LogP contribution in [-0.4, -0.2) is 35.7 Å². The molecule has 1 aromatic heterocycles. The first-order chi connectivity index (χ1) is 12.3. The van der Waals surface area contributed by atoms with Gasteiger partial charge in [0.25, 0.3) is 5.91 Å². The van der Waals surface area contributed by atoms with Crippen molar-refractivity contribution in [2.24, 2.45) is 0 Å². The van der Waals surface area contributed by atoms with Gasteiger partial charge in [-0.25, -0.2) is 4.98 Å². The molecule has 2 aromatic carbocycles. The summed E-state index contributed by atoms with van der Waals surface area (Å²) in [7, 11) is 1.57. The lowest BCUT2D eigenvalue weighted by molar-refractivity contribution is -0.123. The van der Waals surface area contributed by atoms with Gasteiger partial charge in [0.05, 0.1) is 24.5 Å². The summed E-state index contributed by atoms with van der Waals surface area (Å²) in [6.45, 7) is 1.35. The molecule has 0 aliphatic heterocycles.